The van der Waals surface area contributed by atoms with E-state index in [1.165, 1.54) is 0 Å². The SMILES string of the molecule is CC(C)C1CCN(c2ccc(C(F)(F)F)c(CN)c2)CC1. The molecule has 1 fully saturated rings. The maximum Gasteiger partial charge on any atom is 0.416 e. The van der Waals surface area contributed by atoms with Gasteiger partial charge in [0.2, 0.25) is 0 Å². The van der Waals surface area contributed by atoms with Crippen LogP contribution in [0.25, 0.3) is 0 Å². The van der Waals surface area contributed by atoms with Crippen molar-refractivity contribution in [1.82, 2.24) is 0 Å². The standard InChI is InChI=1S/C16H23F3N2/c1-11(2)12-5-7-21(8-6-12)14-3-4-15(16(17,18)19)13(9-14)10-20/h3-4,9,11-12H,5-8,10,20H2,1-2H3. The van der Waals surface area contributed by atoms with E-state index in [1.54, 1.807) is 12.1 Å². The minimum absolute atomic E-state index is 0.0921. The third-order valence-electron chi connectivity index (χ3n) is 4.46. The molecular weight excluding hydrogens is 277 g/mol. The monoisotopic (exact) mass is 300 g/mol. The molecule has 0 atom stereocenters. The van der Waals surface area contributed by atoms with E-state index in [-0.39, 0.29) is 12.1 Å². The highest BCUT2D eigenvalue weighted by atomic mass is 19.4. The van der Waals surface area contributed by atoms with E-state index >= 15 is 0 Å². The highest BCUT2D eigenvalue weighted by Crippen LogP contribution is 2.35. The Labute approximate surface area is 124 Å². The summed E-state index contributed by atoms with van der Waals surface area (Å²) in [6.07, 6.45) is -2.15. The Bertz CT molecular complexity index is 475. The van der Waals surface area contributed by atoms with Gasteiger partial charge in [-0.15, -0.1) is 0 Å². The Balaban J connectivity index is 2.15. The van der Waals surface area contributed by atoms with E-state index in [4.69, 9.17) is 5.73 Å². The number of halogens is 3. The van der Waals surface area contributed by atoms with Crippen molar-refractivity contribution in [2.45, 2.75) is 39.4 Å². The molecule has 2 N–H and O–H groups in total. The van der Waals surface area contributed by atoms with Gasteiger partial charge in [-0.3, -0.25) is 0 Å². The average molecular weight is 300 g/mol. The van der Waals surface area contributed by atoms with Crippen LogP contribution in [-0.4, -0.2) is 13.1 Å². The van der Waals surface area contributed by atoms with Gasteiger partial charge in [0.15, 0.2) is 0 Å². The van der Waals surface area contributed by atoms with Crippen LogP contribution in [0.4, 0.5) is 18.9 Å². The van der Waals surface area contributed by atoms with Crippen molar-refractivity contribution in [3.8, 4) is 0 Å². The minimum atomic E-state index is -4.34. The van der Waals surface area contributed by atoms with Gasteiger partial charge in [-0.2, -0.15) is 13.2 Å². The Morgan fingerprint density at radius 3 is 2.33 bits per heavy atom. The lowest BCUT2D eigenvalue weighted by Gasteiger charge is -2.35. The lowest BCUT2D eigenvalue weighted by molar-refractivity contribution is -0.138. The fraction of sp³-hybridized carbons (Fsp3) is 0.625. The van der Waals surface area contributed by atoms with Crippen LogP contribution in [0, 0.1) is 11.8 Å². The van der Waals surface area contributed by atoms with Crippen molar-refractivity contribution >= 4 is 5.69 Å². The maximum absolute atomic E-state index is 12.9. The van der Waals surface area contributed by atoms with Gasteiger partial charge >= 0.3 is 6.18 Å². The molecule has 21 heavy (non-hydrogen) atoms. The zero-order chi connectivity index (χ0) is 15.6. The first kappa shape index (κ1) is 16.1. The summed E-state index contributed by atoms with van der Waals surface area (Å²) in [5.41, 5.74) is 5.89. The smallest absolute Gasteiger partial charge is 0.372 e. The lowest BCUT2D eigenvalue weighted by atomic mass is 9.86. The van der Waals surface area contributed by atoms with Crippen molar-refractivity contribution < 1.29 is 13.2 Å². The first-order chi connectivity index (χ1) is 9.82. The largest absolute Gasteiger partial charge is 0.416 e. The van der Waals surface area contributed by atoms with Gasteiger partial charge in [0.25, 0.3) is 0 Å². The summed E-state index contributed by atoms with van der Waals surface area (Å²) in [4.78, 5) is 2.16. The Morgan fingerprint density at radius 1 is 1.24 bits per heavy atom. The fourth-order valence-electron chi connectivity index (χ4n) is 3.05. The van der Waals surface area contributed by atoms with E-state index in [0.717, 1.165) is 37.7 Å². The van der Waals surface area contributed by atoms with Crippen LogP contribution >= 0.6 is 0 Å². The topological polar surface area (TPSA) is 29.3 Å². The van der Waals surface area contributed by atoms with Crippen molar-refractivity contribution in [1.29, 1.82) is 0 Å². The van der Waals surface area contributed by atoms with Crippen LogP contribution in [-0.2, 0) is 12.7 Å². The summed E-state index contributed by atoms with van der Waals surface area (Å²) in [6.45, 7) is 6.16. The summed E-state index contributed by atoms with van der Waals surface area (Å²) in [5.74, 6) is 1.38. The molecule has 2 nitrogen and oxygen atoms in total. The second-order valence-corrected chi connectivity index (χ2v) is 6.11. The Morgan fingerprint density at radius 2 is 1.86 bits per heavy atom. The van der Waals surface area contributed by atoms with E-state index in [0.29, 0.717) is 11.8 Å². The summed E-state index contributed by atoms with van der Waals surface area (Å²) in [7, 11) is 0. The van der Waals surface area contributed by atoms with Gasteiger partial charge in [-0.25, -0.2) is 0 Å². The Hall–Kier alpha value is -1.23. The van der Waals surface area contributed by atoms with E-state index in [1.807, 2.05) is 0 Å². The molecule has 0 radical (unpaired) electrons. The predicted octanol–water partition coefficient (Wildman–Crippen LogP) is 4.04. The quantitative estimate of drug-likeness (QED) is 0.913. The first-order valence-corrected chi connectivity index (χ1v) is 7.48. The number of alkyl halides is 3. The number of nitrogens with zero attached hydrogens (tertiary/aromatic N) is 1. The zero-order valence-electron chi connectivity index (χ0n) is 12.6. The molecule has 2 rings (SSSR count). The second-order valence-electron chi connectivity index (χ2n) is 6.11. The van der Waals surface area contributed by atoms with Crippen molar-refractivity contribution in [2.24, 2.45) is 17.6 Å². The van der Waals surface area contributed by atoms with E-state index < -0.39 is 11.7 Å². The third kappa shape index (κ3) is 3.70. The van der Waals surface area contributed by atoms with Crippen LogP contribution in [0.1, 0.15) is 37.8 Å². The summed E-state index contributed by atoms with van der Waals surface area (Å²) in [5, 5.41) is 0. The minimum Gasteiger partial charge on any atom is -0.372 e. The van der Waals surface area contributed by atoms with Crippen LogP contribution in [0.3, 0.4) is 0 Å². The van der Waals surface area contributed by atoms with Crippen molar-refractivity contribution in [3.05, 3.63) is 29.3 Å². The number of hydrogen-bond acceptors (Lipinski definition) is 2. The molecule has 5 heteroatoms. The summed E-state index contributed by atoms with van der Waals surface area (Å²) < 4.78 is 38.6. The van der Waals surface area contributed by atoms with Gasteiger partial charge in [0.1, 0.15) is 0 Å². The van der Waals surface area contributed by atoms with Crippen LogP contribution in [0.2, 0.25) is 0 Å². The molecule has 0 unspecified atom stereocenters. The number of anilines is 1. The molecule has 1 heterocycles. The average Bonchev–Trinajstić information content (AvgIpc) is 2.45. The molecule has 0 spiro atoms. The van der Waals surface area contributed by atoms with Gasteiger partial charge in [-0.05, 0) is 48.4 Å². The van der Waals surface area contributed by atoms with E-state index in [9.17, 15) is 13.2 Å². The molecular formula is C16H23F3N2. The summed E-state index contributed by atoms with van der Waals surface area (Å²) in [6, 6.07) is 4.32. The first-order valence-electron chi connectivity index (χ1n) is 7.48. The predicted molar refractivity (Wildman–Crippen MR) is 79.1 cm³/mol. The molecule has 1 aromatic rings. The van der Waals surface area contributed by atoms with Gasteiger partial charge in [0.05, 0.1) is 5.56 Å². The molecule has 0 aliphatic carbocycles. The van der Waals surface area contributed by atoms with Crippen LogP contribution < -0.4 is 10.6 Å². The van der Waals surface area contributed by atoms with Gasteiger partial charge < -0.3 is 10.6 Å². The molecule has 1 aliphatic heterocycles. The van der Waals surface area contributed by atoms with Gasteiger partial charge in [0, 0.05) is 25.3 Å². The number of piperidine rings is 1. The third-order valence-corrected chi connectivity index (χ3v) is 4.46. The zero-order valence-corrected chi connectivity index (χ0v) is 12.6. The fourth-order valence-corrected chi connectivity index (χ4v) is 3.05. The summed E-state index contributed by atoms with van der Waals surface area (Å²) >= 11 is 0. The number of rotatable bonds is 3. The Kier molecular flexibility index (Phi) is 4.81. The van der Waals surface area contributed by atoms with Crippen molar-refractivity contribution in [3.63, 3.8) is 0 Å². The highest BCUT2D eigenvalue weighted by molar-refractivity contribution is 5.52. The molecule has 118 valence electrons. The molecule has 0 bridgehead atoms. The lowest BCUT2D eigenvalue weighted by Crippen LogP contribution is -2.35. The van der Waals surface area contributed by atoms with Crippen molar-refractivity contribution in [2.75, 3.05) is 18.0 Å². The molecule has 0 amide bonds. The molecule has 1 saturated heterocycles. The van der Waals surface area contributed by atoms with Crippen LogP contribution in [0.15, 0.2) is 18.2 Å². The number of benzene rings is 1. The van der Waals surface area contributed by atoms with Gasteiger partial charge in [-0.1, -0.05) is 13.8 Å². The highest BCUT2D eigenvalue weighted by Gasteiger charge is 2.33. The normalized spacial score (nSPS) is 17.6. The molecule has 1 aliphatic rings. The number of hydrogen-bond donors (Lipinski definition) is 1. The molecule has 0 saturated carbocycles. The number of nitrogens with two attached hydrogens (primary N) is 1. The van der Waals surface area contributed by atoms with Crippen LogP contribution in [0.5, 0.6) is 0 Å². The molecule has 0 aromatic heterocycles. The molecule has 1 aromatic carbocycles. The second kappa shape index (κ2) is 6.26. The van der Waals surface area contributed by atoms with E-state index in [2.05, 4.69) is 18.7 Å². The maximum atomic E-state index is 12.9.